The Kier molecular flexibility index (Phi) is 13.2. The quantitative estimate of drug-likeness (QED) is 0.154. The van der Waals surface area contributed by atoms with Crippen LogP contribution in [-0.2, 0) is 23.9 Å². The molecule has 5 atom stereocenters. The Balaban J connectivity index is 1.75. The topological polar surface area (TPSA) is 125 Å². The van der Waals surface area contributed by atoms with Crippen LogP contribution >= 0.6 is 0 Å². The molecule has 1 aliphatic heterocycles. The van der Waals surface area contributed by atoms with Gasteiger partial charge in [0.15, 0.2) is 0 Å². The zero-order chi connectivity index (χ0) is 31.2. The summed E-state index contributed by atoms with van der Waals surface area (Å²) >= 11 is 0. The van der Waals surface area contributed by atoms with E-state index in [1.165, 1.54) is 6.08 Å². The third kappa shape index (κ3) is 9.64. The van der Waals surface area contributed by atoms with E-state index < -0.39 is 47.8 Å². The van der Waals surface area contributed by atoms with Gasteiger partial charge in [-0.15, -0.1) is 13.2 Å². The standard InChI is InChI=1S/C34H43N3O6/c1-4-14-27(22-30(39)37-20-12-13-21-37)34(42)43-31(26-18-10-7-11-19-26)24(3)35-32(40)28(15-5-2)33(41)36-29(23-38)25-16-8-6-9-17-25/h4-11,16-19,24,27-29,31,38H,1-2,12-15,20-23H2,3H3,(H,35,40)(H,36,41)/t24-,27-,28?,29+,31-/m1/s1. The van der Waals surface area contributed by atoms with Gasteiger partial charge in [-0.3, -0.25) is 19.2 Å². The van der Waals surface area contributed by atoms with Crippen LogP contribution in [-0.4, -0.2) is 59.4 Å². The molecular weight excluding hydrogens is 546 g/mol. The minimum absolute atomic E-state index is 0.0160. The fourth-order valence-corrected chi connectivity index (χ4v) is 5.19. The van der Waals surface area contributed by atoms with E-state index >= 15 is 0 Å². The lowest BCUT2D eigenvalue weighted by atomic mass is 9.98. The molecule has 3 rings (SSSR count). The summed E-state index contributed by atoms with van der Waals surface area (Å²) in [5.74, 6) is -3.63. The summed E-state index contributed by atoms with van der Waals surface area (Å²) in [6.45, 7) is 10.2. The zero-order valence-corrected chi connectivity index (χ0v) is 24.8. The van der Waals surface area contributed by atoms with Crippen molar-refractivity contribution < 1.29 is 29.0 Å². The lowest BCUT2D eigenvalue weighted by Gasteiger charge is -2.29. The largest absolute Gasteiger partial charge is 0.455 e. The van der Waals surface area contributed by atoms with Crippen molar-refractivity contribution in [3.63, 3.8) is 0 Å². The molecule has 0 spiro atoms. The van der Waals surface area contributed by atoms with Gasteiger partial charge < -0.3 is 25.4 Å². The Morgan fingerprint density at radius 2 is 1.44 bits per heavy atom. The van der Waals surface area contributed by atoms with Crippen molar-refractivity contribution in [2.75, 3.05) is 19.7 Å². The van der Waals surface area contributed by atoms with Crippen molar-refractivity contribution in [3.05, 3.63) is 97.1 Å². The molecule has 9 heteroatoms. The summed E-state index contributed by atoms with van der Waals surface area (Å²) in [7, 11) is 0. The number of nitrogens with zero attached hydrogens (tertiary/aromatic N) is 1. The van der Waals surface area contributed by atoms with E-state index in [-0.39, 0.29) is 31.8 Å². The molecule has 3 amide bonds. The number of carbonyl (C=O) groups excluding carboxylic acids is 4. The second-order valence-electron chi connectivity index (χ2n) is 10.8. The molecule has 2 aromatic carbocycles. The lowest BCUT2D eigenvalue weighted by molar-refractivity contribution is -0.159. The van der Waals surface area contributed by atoms with Gasteiger partial charge in [-0.1, -0.05) is 72.8 Å². The van der Waals surface area contributed by atoms with E-state index in [0.717, 1.165) is 12.8 Å². The van der Waals surface area contributed by atoms with Crippen LogP contribution in [0.2, 0.25) is 0 Å². The summed E-state index contributed by atoms with van der Waals surface area (Å²) < 4.78 is 5.99. The highest BCUT2D eigenvalue weighted by Crippen LogP contribution is 2.26. The summed E-state index contributed by atoms with van der Waals surface area (Å²) in [6, 6.07) is 16.6. The minimum Gasteiger partial charge on any atom is -0.455 e. The maximum atomic E-state index is 13.5. The Morgan fingerprint density at radius 3 is 2.00 bits per heavy atom. The molecule has 1 aliphatic rings. The molecule has 1 unspecified atom stereocenters. The summed E-state index contributed by atoms with van der Waals surface area (Å²) in [4.78, 5) is 54.7. The van der Waals surface area contributed by atoms with Gasteiger partial charge in [-0.05, 0) is 43.7 Å². The average Bonchev–Trinajstić information content (AvgIpc) is 3.57. The van der Waals surface area contributed by atoms with Gasteiger partial charge in [0.25, 0.3) is 0 Å². The number of esters is 1. The van der Waals surface area contributed by atoms with Gasteiger partial charge in [0.1, 0.15) is 12.0 Å². The number of allylic oxidation sites excluding steroid dienone is 2. The highest BCUT2D eigenvalue weighted by molar-refractivity contribution is 6.00. The summed E-state index contributed by atoms with van der Waals surface area (Å²) in [5.41, 5.74) is 1.36. The van der Waals surface area contributed by atoms with Crippen molar-refractivity contribution in [1.29, 1.82) is 0 Å². The molecule has 0 radical (unpaired) electrons. The lowest BCUT2D eigenvalue weighted by Crippen LogP contribution is -2.47. The number of benzene rings is 2. The molecule has 1 fully saturated rings. The maximum absolute atomic E-state index is 13.5. The number of rotatable bonds is 16. The van der Waals surface area contributed by atoms with Crippen molar-refractivity contribution in [1.82, 2.24) is 15.5 Å². The molecule has 0 aromatic heterocycles. The summed E-state index contributed by atoms with van der Waals surface area (Å²) in [6.07, 6.45) is 4.45. The molecule has 1 saturated heterocycles. The van der Waals surface area contributed by atoms with E-state index in [9.17, 15) is 24.3 Å². The van der Waals surface area contributed by atoms with Crippen LogP contribution in [0.3, 0.4) is 0 Å². The first kappa shape index (κ1) is 33.3. The number of nitrogens with one attached hydrogen (secondary N) is 2. The SMILES string of the molecule is C=CCC(C(=O)N[C@@H](CO)c1ccccc1)C(=O)N[C@H](C)[C@@H](OC(=O)[C@H](CC=C)CC(=O)N1CCCC1)c1ccccc1. The van der Waals surface area contributed by atoms with Crippen LogP contribution in [0.15, 0.2) is 86.0 Å². The fraction of sp³-hybridized carbons (Fsp3) is 0.412. The third-order valence-corrected chi connectivity index (χ3v) is 7.60. The van der Waals surface area contributed by atoms with E-state index in [0.29, 0.717) is 24.2 Å². The van der Waals surface area contributed by atoms with Crippen LogP contribution in [0.1, 0.15) is 62.3 Å². The van der Waals surface area contributed by atoms with Crippen molar-refractivity contribution in [3.8, 4) is 0 Å². The number of carbonyl (C=O) groups is 4. The monoisotopic (exact) mass is 589 g/mol. The van der Waals surface area contributed by atoms with Crippen molar-refractivity contribution in [2.45, 2.75) is 57.2 Å². The average molecular weight is 590 g/mol. The molecule has 1 heterocycles. The molecule has 9 nitrogen and oxygen atoms in total. The van der Waals surface area contributed by atoms with E-state index in [4.69, 9.17) is 4.74 Å². The van der Waals surface area contributed by atoms with Crippen molar-refractivity contribution in [2.24, 2.45) is 11.8 Å². The predicted octanol–water partition coefficient (Wildman–Crippen LogP) is 4.02. The number of amides is 3. The highest BCUT2D eigenvalue weighted by atomic mass is 16.5. The first-order valence-corrected chi connectivity index (χ1v) is 14.8. The van der Waals surface area contributed by atoms with Crippen LogP contribution in [0.5, 0.6) is 0 Å². The number of aliphatic hydroxyl groups excluding tert-OH is 1. The van der Waals surface area contributed by atoms with E-state index in [1.54, 1.807) is 66.4 Å². The molecule has 43 heavy (non-hydrogen) atoms. The van der Waals surface area contributed by atoms with E-state index in [1.807, 2.05) is 12.1 Å². The molecule has 0 bridgehead atoms. The second-order valence-corrected chi connectivity index (χ2v) is 10.8. The van der Waals surface area contributed by atoms with Crippen LogP contribution in [0.25, 0.3) is 0 Å². The molecular formula is C34H43N3O6. The van der Waals surface area contributed by atoms with Gasteiger partial charge in [0.2, 0.25) is 17.7 Å². The maximum Gasteiger partial charge on any atom is 0.310 e. The molecule has 3 N–H and O–H groups in total. The van der Waals surface area contributed by atoms with Gasteiger partial charge in [-0.2, -0.15) is 0 Å². The zero-order valence-electron chi connectivity index (χ0n) is 24.8. The van der Waals surface area contributed by atoms with E-state index in [2.05, 4.69) is 23.8 Å². The highest BCUT2D eigenvalue weighted by Gasteiger charge is 2.34. The smallest absolute Gasteiger partial charge is 0.310 e. The Morgan fingerprint density at radius 1 is 0.884 bits per heavy atom. The first-order valence-electron chi connectivity index (χ1n) is 14.8. The molecule has 0 saturated carbocycles. The third-order valence-electron chi connectivity index (χ3n) is 7.60. The molecule has 0 aliphatic carbocycles. The number of ether oxygens (including phenoxy) is 1. The Bertz CT molecular complexity index is 1230. The summed E-state index contributed by atoms with van der Waals surface area (Å²) in [5, 5.41) is 15.5. The van der Waals surface area contributed by atoms with Gasteiger partial charge in [-0.25, -0.2) is 0 Å². The predicted molar refractivity (Wildman–Crippen MR) is 164 cm³/mol. The first-order chi connectivity index (χ1) is 20.8. The number of hydrogen-bond acceptors (Lipinski definition) is 6. The van der Waals surface area contributed by atoms with Crippen molar-refractivity contribution >= 4 is 23.7 Å². The van der Waals surface area contributed by atoms with Crippen LogP contribution in [0, 0.1) is 11.8 Å². The second kappa shape index (κ2) is 17.0. The normalized spacial score (nSPS) is 16.2. The van der Waals surface area contributed by atoms with Gasteiger partial charge >= 0.3 is 5.97 Å². The minimum atomic E-state index is -1.13. The Hall–Kier alpha value is -4.24. The molecule has 2 aromatic rings. The Labute approximate surface area is 254 Å². The van der Waals surface area contributed by atoms with Gasteiger partial charge in [0.05, 0.1) is 24.6 Å². The number of aliphatic hydroxyl groups is 1. The van der Waals surface area contributed by atoms with Crippen LogP contribution < -0.4 is 10.6 Å². The fourth-order valence-electron chi connectivity index (χ4n) is 5.19. The number of hydrogen-bond donors (Lipinski definition) is 3. The van der Waals surface area contributed by atoms with Gasteiger partial charge in [0, 0.05) is 19.5 Å². The number of likely N-dealkylation sites (tertiary alicyclic amines) is 1. The van der Waals surface area contributed by atoms with Crippen LogP contribution in [0.4, 0.5) is 0 Å². The molecule has 230 valence electrons.